The predicted octanol–water partition coefficient (Wildman–Crippen LogP) is 3.66. The second-order valence-electron chi connectivity index (χ2n) is 6.16. The molecule has 1 aliphatic heterocycles. The molecule has 1 aliphatic rings. The molecule has 27 heavy (non-hydrogen) atoms. The summed E-state index contributed by atoms with van der Waals surface area (Å²) in [5.74, 6) is -2.67. The Morgan fingerprint density at radius 2 is 1.93 bits per heavy atom. The van der Waals surface area contributed by atoms with Crippen LogP contribution in [0.15, 0.2) is 48.9 Å². The Morgan fingerprint density at radius 1 is 1.04 bits per heavy atom. The van der Waals surface area contributed by atoms with E-state index in [1.54, 1.807) is 41.4 Å². The minimum Gasteiger partial charge on any atom is -0.364 e. The van der Waals surface area contributed by atoms with Crippen molar-refractivity contribution >= 4 is 17.5 Å². The highest BCUT2D eigenvalue weighted by Gasteiger charge is 2.38. The lowest BCUT2D eigenvalue weighted by Gasteiger charge is -2.18. The van der Waals surface area contributed by atoms with Crippen molar-refractivity contribution in [3.63, 3.8) is 0 Å². The molecule has 138 valence electrons. The smallest absolute Gasteiger partial charge is 0.266 e. The zero-order chi connectivity index (χ0) is 18.9. The Hall–Kier alpha value is -3.23. The van der Waals surface area contributed by atoms with Crippen molar-refractivity contribution < 1.29 is 13.2 Å². The fraction of sp³-hybridized carbons (Fsp3) is 0.222. The maximum atomic E-state index is 14.0. The van der Waals surface area contributed by atoms with Crippen molar-refractivity contribution in [3.05, 3.63) is 54.7 Å². The van der Waals surface area contributed by atoms with E-state index in [1.165, 1.54) is 6.20 Å². The van der Waals surface area contributed by atoms with E-state index >= 15 is 0 Å². The fourth-order valence-electron chi connectivity index (χ4n) is 2.83. The molecule has 1 N–H and O–H groups in total. The van der Waals surface area contributed by atoms with Gasteiger partial charge in [0.05, 0.1) is 30.3 Å². The molecule has 1 saturated heterocycles. The molecule has 0 aliphatic carbocycles. The van der Waals surface area contributed by atoms with Gasteiger partial charge in [0, 0.05) is 19.2 Å². The molecule has 4 rings (SSSR count). The van der Waals surface area contributed by atoms with Gasteiger partial charge in [0.1, 0.15) is 11.5 Å². The summed E-state index contributed by atoms with van der Waals surface area (Å²) in [4.78, 5) is 17.9. The van der Waals surface area contributed by atoms with Gasteiger partial charge in [-0.1, -0.05) is 6.07 Å². The average molecular weight is 372 g/mol. The van der Waals surface area contributed by atoms with Gasteiger partial charge >= 0.3 is 0 Å². The second-order valence-corrected chi connectivity index (χ2v) is 6.16. The predicted molar refractivity (Wildman–Crippen MR) is 94.5 cm³/mol. The SMILES string of the molecule is Fc1cnc(Nc2ccc(N3CCC(F)(F)C3)cn2)nc1-c1ccccn1. The number of rotatable bonds is 4. The second kappa shape index (κ2) is 6.82. The molecule has 9 heteroatoms. The van der Waals surface area contributed by atoms with E-state index in [2.05, 4.69) is 25.3 Å². The Bertz CT molecular complexity index is 934. The quantitative estimate of drug-likeness (QED) is 0.754. The number of halogens is 3. The fourth-order valence-corrected chi connectivity index (χ4v) is 2.83. The third-order valence-electron chi connectivity index (χ3n) is 4.17. The van der Waals surface area contributed by atoms with Crippen LogP contribution in [-0.2, 0) is 0 Å². The summed E-state index contributed by atoms with van der Waals surface area (Å²) >= 11 is 0. The topological polar surface area (TPSA) is 66.8 Å². The van der Waals surface area contributed by atoms with Crippen molar-refractivity contribution in [3.8, 4) is 11.4 Å². The first-order valence-electron chi connectivity index (χ1n) is 8.30. The molecule has 3 aromatic heterocycles. The van der Waals surface area contributed by atoms with Crippen molar-refractivity contribution in [2.45, 2.75) is 12.3 Å². The van der Waals surface area contributed by atoms with Gasteiger partial charge in [-0.3, -0.25) is 4.98 Å². The average Bonchev–Trinajstić information content (AvgIpc) is 3.04. The number of aromatic nitrogens is 4. The molecule has 0 unspecified atom stereocenters. The zero-order valence-electron chi connectivity index (χ0n) is 14.1. The van der Waals surface area contributed by atoms with Crippen LogP contribution in [0.4, 0.5) is 30.6 Å². The van der Waals surface area contributed by atoms with Gasteiger partial charge in [-0.15, -0.1) is 0 Å². The van der Waals surface area contributed by atoms with Gasteiger partial charge in [-0.05, 0) is 24.3 Å². The third kappa shape index (κ3) is 3.81. The largest absolute Gasteiger partial charge is 0.364 e. The number of nitrogens with zero attached hydrogens (tertiary/aromatic N) is 5. The minimum absolute atomic E-state index is 0.0732. The number of hydrogen-bond acceptors (Lipinski definition) is 6. The molecule has 6 nitrogen and oxygen atoms in total. The highest BCUT2D eigenvalue weighted by atomic mass is 19.3. The summed E-state index contributed by atoms with van der Waals surface area (Å²) in [6.07, 6.45) is 3.95. The Morgan fingerprint density at radius 3 is 2.59 bits per heavy atom. The van der Waals surface area contributed by atoms with Crippen molar-refractivity contribution in [1.29, 1.82) is 0 Å². The highest BCUT2D eigenvalue weighted by molar-refractivity contribution is 5.59. The van der Waals surface area contributed by atoms with Crippen LogP contribution in [-0.4, -0.2) is 38.9 Å². The first-order chi connectivity index (χ1) is 13.0. The molecule has 0 atom stereocenters. The lowest BCUT2D eigenvalue weighted by Crippen LogP contribution is -2.24. The molecule has 0 amide bonds. The summed E-state index contributed by atoms with van der Waals surface area (Å²) in [5.41, 5.74) is 1.08. The van der Waals surface area contributed by atoms with Crippen LogP contribution in [0.1, 0.15) is 6.42 Å². The molecular formula is C18H15F3N6. The van der Waals surface area contributed by atoms with E-state index in [-0.39, 0.29) is 31.2 Å². The summed E-state index contributed by atoms with van der Waals surface area (Å²) in [6, 6.07) is 8.44. The highest BCUT2D eigenvalue weighted by Crippen LogP contribution is 2.30. The molecular weight excluding hydrogens is 357 g/mol. The lowest BCUT2D eigenvalue weighted by molar-refractivity contribution is 0.0257. The molecule has 0 radical (unpaired) electrons. The van der Waals surface area contributed by atoms with Crippen molar-refractivity contribution in [2.24, 2.45) is 0 Å². The van der Waals surface area contributed by atoms with Crippen LogP contribution in [0.2, 0.25) is 0 Å². The summed E-state index contributed by atoms with van der Waals surface area (Å²) < 4.78 is 40.7. The van der Waals surface area contributed by atoms with Crippen molar-refractivity contribution in [1.82, 2.24) is 19.9 Å². The van der Waals surface area contributed by atoms with Crippen LogP contribution in [0.25, 0.3) is 11.4 Å². The minimum atomic E-state index is -2.67. The van der Waals surface area contributed by atoms with Crippen LogP contribution < -0.4 is 10.2 Å². The molecule has 0 spiro atoms. The van der Waals surface area contributed by atoms with Gasteiger partial charge in [0.15, 0.2) is 5.82 Å². The monoisotopic (exact) mass is 372 g/mol. The van der Waals surface area contributed by atoms with E-state index in [4.69, 9.17) is 0 Å². The van der Waals surface area contributed by atoms with E-state index in [1.807, 2.05) is 0 Å². The summed E-state index contributed by atoms with van der Waals surface area (Å²) in [7, 11) is 0. The third-order valence-corrected chi connectivity index (χ3v) is 4.17. The maximum absolute atomic E-state index is 14.0. The van der Waals surface area contributed by atoms with E-state index in [9.17, 15) is 13.2 Å². The van der Waals surface area contributed by atoms with Gasteiger partial charge in [-0.2, -0.15) is 0 Å². The van der Waals surface area contributed by atoms with Crippen LogP contribution in [0.5, 0.6) is 0 Å². The van der Waals surface area contributed by atoms with Gasteiger partial charge in [0.2, 0.25) is 5.95 Å². The number of hydrogen-bond donors (Lipinski definition) is 1. The van der Waals surface area contributed by atoms with Crippen LogP contribution in [0, 0.1) is 5.82 Å². The molecule has 4 heterocycles. The maximum Gasteiger partial charge on any atom is 0.266 e. The van der Waals surface area contributed by atoms with Gasteiger partial charge in [-0.25, -0.2) is 28.1 Å². The summed E-state index contributed by atoms with van der Waals surface area (Å²) in [5, 5.41) is 2.88. The summed E-state index contributed by atoms with van der Waals surface area (Å²) in [6.45, 7) is -0.0219. The van der Waals surface area contributed by atoms with Crippen molar-refractivity contribution in [2.75, 3.05) is 23.3 Å². The van der Waals surface area contributed by atoms with Gasteiger partial charge < -0.3 is 10.2 Å². The first-order valence-corrected chi connectivity index (χ1v) is 8.30. The van der Waals surface area contributed by atoms with Crippen LogP contribution in [0.3, 0.4) is 0 Å². The van der Waals surface area contributed by atoms with Crippen LogP contribution >= 0.6 is 0 Å². The van der Waals surface area contributed by atoms with E-state index < -0.39 is 11.7 Å². The number of nitrogens with one attached hydrogen (secondary N) is 1. The number of alkyl halides is 2. The molecule has 0 bridgehead atoms. The first kappa shape index (κ1) is 17.2. The zero-order valence-corrected chi connectivity index (χ0v) is 14.1. The van der Waals surface area contributed by atoms with E-state index in [0.717, 1.165) is 6.20 Å². The number of anilines is 3. The lowest BCUT2D eigenvalue weighted by atomic mass is 10.2. The van der Waals surface area contributed by atoms with Gasteiger partial charge in [0.25, 0.3) is 5.92 Å². The molecule has 0 aromatic carbocycles. The Balaban J connectivity index is 1.51. The standard InChI is InChI=1S/C18H15F3N6/c19-13-10-24-17(26-16(13)14-3-1-2-7-22-14)25-15-5-4-12(9-23-15)27-8-6-18(20,21)11-27/h1-5,7,9-10H,6,8,11H2,(H,23,24,25,26). The Kier molecular flexibility index (Phi) is 4.35. The molecule has 0 saturated carbocycles. The van der Waals surface area contributed by atoms with E-state index in [0.29, 0.717) is 17.2 Å². The Labute approximate surface area is 153 Å². The normalized spacial score (nSPS) is 15.7. The molecule has 1 fully saturated rings. The number of pyridine rings is 2. The molecule has 3 aromatic rings.